The molecule has 70 valence electrons. The molecule has 0 radical (unpaired) electrons. The molecule has 0 spiro atoms. The summed E-state index contributed by atoms with van der Waals surface area (Å²) in [6.07, 6.45) is 4.32. The first-order valence-corrected chi connectivity index (χ1v) is 4.59. The molecule has 0 bridgehead atoms. The van der Waals surface area contributed by atoms with E-state index in [1.165, 1.54) is 6.42 Å². The maximum Gasteiger partial charge on any atom is 0.320 e. The topological polar surface area (TPSA) is 63.3 Å². The first kappa shape index (κ1) is 9.52. The van der Waals surface area contributed by atoms with Crippen molar-refractivity contribution in [2.24, 2.45) is 17.6 Å². The Balaban J connectivity index is 2.45. The number of hydrogen-bond acceptors (Lipinski definition) is 2. The zero-order valence-corrected chi connectivity index (χ0v) is 7.49. The molecular formula is C9H17NO2. The number of hydrogen-bond donors (Lipinski definition) is 2. The minimum atomic E-state index is -0.853. The number of carbonyl (C=O) groups is 1. The molecule has 3 atom stereocenters. The van der Waals surface area contributed by atoms with Gasteiger partial charge in [0, 0.05) is 0 Å². The van der Waals surface area contributed by atoms with Crippen molar-refractivity contribution in [2.45, 2.75) is 38.6 Å². The standard InChI is InChI=1S/C9H17NO2/c1-6-3-2-4-7(5-6)8(10)9(11)12/h6-8H,2-5,10H2,1H3,(H,11,12)/t6-,7+,8-/m1/s1. The van der Waals surface area contributed by atoms with Gasteiger partial charge in [-0.05, 0) is 24.7 Å². The van der Waals surface area contributed by atoms with Crippen LogP contribution < -0.4 is 5.73 Å². The second-order valence-corrected chi connectivity index (χ2v) is 3.90. The van der Waals surface area contributed by atoms with Crippen molar-refractivity contribution in [2.75, 3.05) is 0 Å². The Labute approximate surface area is 72.9 Å². The lowest BCUT2D eigenvalue weighted by atomic mass is 9.79. The molecule has 3 N–H and O–H groups in total. The highest BCUT2D eigenvalue weighted by Crippen LogP contribution is 2.30. The van der Waals surface area contributed by atoms with Gasteiger partial charge in [-0.25, -0.2) is 0 Å². The molecule has 3 nitrogen and oxygen atoms in total. The van der Waals surface area contributed by atoms with E-state index in [0.717, 1.165) is 19.3 Å². The average Bonchev–Trinajstić information content (AvgIpc) is 2.03. The van der Waals surface area contributed by atoms with Crippen LogP contribution in [0.3, 0.4) is 0 Å². The highest BCUT2D eigenvalue weighted by atomic mass is 16.4. The lowest BCUT2D eigenvalue weighted by molar-refractivity contribution is -0.140. The van der Waals surface area contributed by atoms with E-state index in [4.69, 9.17) is 10.8 Å². The zero-order chi connectivity index (χ0) is 9.14. The third-order valence-electron chi connectivity index (χ3n) is 2.77. The molecule has 1 fully saturated rings. The smallest absolute Gasteiger partial charge is 0.320 e. The lowest BCUT2D eigenvalue weighted by Crippen LogP contribution is -2.40. The van der Waals surface area contributed by atoms with Gasteiger partial charge in [-0.3, -0.25) is 4.79 Å². The monoisotopic (exact) mass is 171 g/mol. The summed E-state index contributed by atoms with van der Waals surface area (Å²) in [6, 6.07) is -0.646. The van der Waals surface area contributed by atoms with E-state index in [-0.39, 0.29) is 5.92 Å². The number of carboxylic acid groups (broad SMARTS) is 1. The highest BCUT2D eigenvalue weighted by molar-refractivity contribution is 5.73. The van der Waals surface area contributed by atoms with Gasteiger partial charge >= 0.3 is 5.97 Å². The number of aliphatic carboxylic acids is 1. The van der Waals surface area contributed by atoms with Gasteiger partial charge in [0.25, 0.3) is 0 Å². The van der Waals surface area contributed by atoms with Crippen LogP contribution in [-0.4, -0.2) is 17.1 Å². The summed E-state index contributed by atoms with van der Waals surface area (Å²) in [7, 11) is 0. The third kappa shape index (κ3) is 2.21. The number of rotatable bonds is 2. The average molecular weight is 171 g/mol. The quantitative estimate of drug-likeness (QED) is 0.656. The van der Waals surface area contributed by atoms with Crippen molar-refractivity contribution in [3.05, 3.63) is 0 Å². The van der Waals surface area contributed by atoms with Gasteiger partial charge in [0.15, 0.2) is 0 Å². The van der Waals surface area contributed by atoms with Crippen molar-refractivity contribution >= 4 is 5.97 Å². The predicted octanol–water partition coefficient (Wildman–Crippen LogP) is 1.22. The molecule has 0 aliphatic heterocycles. The van der Waals surface area contributed by atoms with Crippen molar-refractivity contribution in [3.8, 4) is 0 Å². The van der Waals surface area contributed by atoms with Gasteiger partial charge in [-0.2, -0.15) is 0 Å². The summed E-state index contributed by atoms with van der Waals surface area (Å²) in [5.74, 6) is -0.00509. The van der Waals surface area contributed by atoms with Crippen LogP contribution in [0.15, 0.2) is 0 Å². The summed E-state index contributed by atoms with van der Waals surface area (Å²) in [5, 5.41) is 8.70. The van der Waals surface area contributed by atoms with Gasteiger partial charge in [-0.15, -0.1) is 0 Å². The molecule has 1 rings (SSSR count). The molecule has 1 saturated carbocycles. The fourth-order valence-electron chi connectivity index (χ4n) is 2.01. The van der Waals surface area contributed by atoms with Crippen LogP contribution in [0.2, 0.25) is 0 Å². The van der Waals surface area contributed by atoms with Gasteiger partial charge in [0.05, 0.1) is 0 Å². The third-order valence-corrected chi connectivity index (χ3v) is 2.77. The van der Waals surface area contributed by atoms with Crippen LogP contribution >= 0.6 is 0 Å². The Bertz CT molecular complexity index is 170. The Hall–Kier alpha value is -0.570. The fraction of sp³-hybridized carbons (Fsp3) is 0.889. The van der Waals surface area contributed by atoms with E-state index in [9.17, 15) is 4.79 Å². The lowest BCUT2D eigenvalue weighted by Gasteiger charge is -2.28. The molecule has 0 aromatic rings. The van der Waals surface area contributed by atoms with E-state index in [1.807, 2.05) is 0 Å². The second kappa shape index (κ2) is 3.90. The molecule has 0 unspecified atom stereocenters. The van der Waals surface area contributed by atoms with Crippen molar-refractivity contribution in [3.63, 3.8) is 0 Å². The summed E-state index contributed by atoms with van der Waals surface area (Å²) < 4.78 is 0. The van der Waals surface area contributed by atoms with Crippen molar-refractivity contribution in [1.29, 1.82) is 0 Å². The molecule has 3 heteroatoms. The molecule has 0 amide bonds. The normalized spacial score (nSPS) is 32.8. The second-order valence-electron chi connectivity index (χ2n) is 3.90. The summed E-state index contributed by atoms with van der Waals surface area (Å²) in [5.41, 5.74) is 5.55. The maximum atomic E-state index is 10.6. The van der Waals surface area contributed by atoms with E-state index in [1.54, 1.807) is 0 Å². The van der Waals surface area contributed by atoms with E-state index in [0.29, 0.717) is 5.92 Å². The summed E-state index contributed by atoms with van der Waals surface area (Å²) in [6.45, 7) is 2.17. The number of nitrogens with two attached hydrogens (primary N) is 1. The minimum Gasteiger partial charge on any atom is -0.480 e. The molecule has 1 aliphatic rings. The Morgan fingerprint density at radius 1 is 1.58 bits per heavy atom. The number of carboxylic acids is 1. The van der Waals surface area contributed by atoms with Gasteiger partial charge in [0.2, 0.25) is 0 Å². The van der Waals surface area contributed by atoms with Gasteiger partial charge < -0.3 is 10.8 Å². The largest absolute Gasteiger partial charge is 0.480 e. The van der Waals surface area contributed by atoms with Crippen molar-refractivity contribution < 1.29 is 9.90 Å². The van der Waals surface area contributed by atoms with E-state index in [2.05, 4.69) is 6.92 Å². The molecule has 12 heavy (non-hydrogen) atoms. The predicted molar refractivity (Wildman–Crippen MR) is 46.7 cm³/mol. The van der Waals surface area contributed by atoms with Crippen LogP contribution in [0.1, 0.15) is 32.6 Å². The maximum absolute atomic E-state index is 10.6. The minimum absolute atomic E-state index is 0.200. The van der Waals surface area contributed by atoms with Crippen LogP contribution in [-0.2, 0) is 4.79 Å². The SMILES string of the molecule is C[C@@H]1CCC[C@H]([C@@H](N)C(=O)O)C1. The van der Waals surface area contributed by atoms with E-state index < -0.39 is 12.0 Å². The summed E-state index contributed by atoms with van der Waals surface area (Å²) >= 11 is 0. The van der Waals surface area contributed by atoms with Crippen LogP contribution in [0.5, 0.6) is 0 Å². The Morgan fingerprint density at radius 3 is 2.75 bits per heavy atom. The molecule has 0 aromatic carbocycles. The highest BCUT2D eigenvalue weighted by Gasteiger charge is 2.28. The van der Waals surface area contributed by atoms with Gasteiger partial charge in [-0.1, -0.05) is 19.8 Å². The molecule has 0 heterocycles. The van der Waals surface area contributed by atoms with Crippen LogP contribution in [0.4, 0.5) is 0 Å². The Morgan fingerprint density at radius 2 is 2.25 bits per heavy atom. The molecular weight excluding hydrogens is 154 g/mol. The van der Waals surface area contributed by atoms with Gasteiger partial charge in [0.1, 0.15) is 6.04 Å². The van der Waals surface area contributed by atoms with Crippen LogP contribution in [0, 0.1) is 11.8 Å². The molecule has 1 aliphatic carbocycles. The fourth-order valence-corrected chi connectivity index (χ4v) is 2.01. The first-order chi connectivity index (χ1) is 5.61. The summed E-state index contributed by atoms with van der Waals surface area (Å²) in [4.78, 5) is 10.6. The first-order valence-electron chi connectivity index (χ1n) is 4.59. The van der Waals surface area contributed by atoms with Crippen LogP contribution in [0.25, 0.3) is 0 Å². The Kier molecular flexibility index (Phi) is 3.09. The molecule has 0 aromatic heterocycles. The zero-order valence-electron chi connectivity index (χ0n) is 7.49. The van der Waals surface area contributed by atoms with Crippen molar-refractivity contribution in [1.82, 2.24) is 0 Å². The van der Waals surface area contributed by atoms with E-state index >= 15 is 0 Å². The molecule has 0 saturated heterocycles.